The van der Waals surface area contributed by atoms with Crippen LogP contribution in [0.2, 0.25) is 0 Å². The number of fused-ring (bicyclic) bond motifs is 1. The summed E-state index contributed by atoms with van der Waals surface area (Å²) in [4.78, 5) is 35.5. The molecule has 4 heterocycles. The standard InChI is InChI=1S/C26H23N5O5S2/c32-24-22(37-26(33)29-24)11-19-12-23(36-20-7-3-1-4-8-20)28-25(27-19)30-13-17-15-31(16-18(17)14-30)38(34,35)21-9-5-2-6-10-21/h1-12,17-18H,13-16H2,(H,29,32,33). The molecule has 1 N–H and O–H groups in total. The van der Waals surface area contributed by atoms with Crippen LogP contribution in [0.4, 0.5) is 10.7 Å². The number of hydrogen-bond acceptors (Lipinski definition) is 9. The van der Waals surface area contributed by atoms with Gasteiger partial charge in [-0.3, -0.25) is 14.9 Å². The number of benzene rings is 2. The van der Waals surface area contributed by atoms with E-state index in [4.69, 9.17) is 4.74 Å². The maximum absolute atomic E-state index is 13.1. The molecule has 194 valence electrons. The molecule has 3 aliphatic heterocycles. The number of ether oxygens (including phenoxy) is 1. The van der Waals surface area contributed by atoms with Crippen molar-refractivity contribution < 1.29 is 22.7 Å². The smallest absolute Gasteiger partial charge is 0.290 e. The van der Waals surface area contributed by atoms with Gasteiger partial charge in [-0.1, -0.05) is 36.4 Å². The quantitative estimate of drug-likeness (QED) is 0.461. The summed E-state index contributed by atoms with van der Waals surface area (Å²) in [5.41, 5.74) is 0.429. The summed E-state index contributed by atoms with van der Waals surface area (Å²) in [6, 6.07) is 19.3. The second-order valence-electron chi connectivity index (χ2n) is 9.26. The third kappa shape index (κ3) is 4.89. The lowest BCUT2D eigenvalue weighted by Crippen LogP contribution is -2.33. The Hall–Kier alpha value is -3.74. The van der Waals surface area contributed by atoms with Gasteiger partial charge in [0.1, 0.15) is 5.75 Å². The minimum absolute atomic E-state index is 0.131. The zero-order valence-electron chi connectivity index (χ0n) is 20.1. The van der Waals surface area contributed by atoms with Crippen molar-refractivity contribution in [2.45, 2.75) is 4.90 Å². The lowest BCUT2D eigenvalue weighted by atomic mass is 10.0. The number of para-hydroxylation sites is 1. The SMILES string of the molecule is O=C1NC(=O)C(=Cc2cc(Oc3ccccc3)nc(N3CC4CN(S(=O)(=O)c5ccccc5)CC4C3)n2)S1. The molecule has 0 bridgehead atoms. The Morgan fingerprint density at radius 2 is 1.58 bits per heavy atom. The van der Waals surface area contributed by atoms with E-state index in [0.717, 1.165) is 11.8 Å². The van der Waals surface area contributed by atoms with Gasteiger partial charge >= 0.3 is 0 Å². The summed E-state index contributed by atoms with van der Waals surface area (Å²) in [7, 11) is -3.55. The summed E-state index contributed by atoms with van der Waals surface area (Å²) >= 11 is 0.815. The van der Waals surface area contributed by atoms with E-state index < -0.39 is 21.2 Å². The molecule has 2 aromatic carbocycles. The summed E-state index contributed by atoms with van der Waals surface area (Å²) in [6.07, 6.45) is 1.54. The molecular formula is C26H23N5O5S2. The molecule has 2 amide bonds. The highest BCUT2D eigenvalue weighted by atomic mass is 32.2. The number of carbonyl (C=O) groups excluding carboxylic acids is 2. The summed E-state index contributed by atoms with van der Waals surface area (Å²) in [5, 5.41) is 1.81. The second kappa shape index (κ2) is 9.86. The molecule has 2 unspecified atom stereocenters. The monoisotopic (exact) mass is 549 g/mol. The zero-order valence-corrected chi connectivity index (χ0v) is 21.7. The predicted octanol–water partition coefficient (Wildman–Crippen LogP) is 3.35. The highest BCUT2D eigenvalue weighted by molar-refractivity contribution is 8.18. The van der Waals surface area contributed by atoms with Crippen LogP contribution in [-0.2, 0) is 14.8 Å². The van der Waals surface area contributed by atoms with Crippen LogP contribution in [0.15, 0.2) is 76.5 Å². The fourth-order valence-corrected chi connectivity index (χ4v) is 7.16. The van der Waals surface area contributed by atoms with E-state index in [0.29, 0.717) is 54.3 Å². The first-order valence-electron chi connectivity index (χ1n) is 12.0. The first-order valence-corrected chi connectivity index (χ1v) is 14.3. The number of amides is 2. The van der Waals surface area contributed by atoms with Gasteiger partial charge in [-0.05, 0) is 53.9 Å². The lowest BCUT2D eigenvalue weighted by Gasteiger charge is -2.22. The molecule has 0 radical (unpaired) electrons. The second-order valence-corrected chi connectivity index (χ2v) is 12.2. The number of rotatable bonds is 6. The summed E-state index contributed by atoms with van der Waals surface area (Å²) in [5.74, 6) is 1.11. The number of thioether (sulfide) groups is 1. The van der Waals surface area contributed by atoms with Crippen LogP contribution in [0.1, 0.15) is 5.69 Å². The minimum atomic E-state index is -3.55. The van der Waals surface area contributed by atoms with Gasteiger partial charge in [-0.15, -0.1) is 0 Å². The molecule has 3 fully saturated rings. The maximum atomic E-state index is 13.1. The van der Waals surface area contributed by atoms with E-state index in [9.17, 15) is 18.0 Å². The molecule has 12 heteroatoms. The van der Waals surface area contributed by atoms with Gasteiger partial charge in [0.15, 0.2) is 0 Å². The van der Waals surface area contributed by atoms with Crippen LogP contribution >= 0.6 is 11.8 Å². The number of carbonyl (C=O) groups is 2. The van der Waals surface area contributed by atoms with Gasteiger partial charge in [0.25, 0.3) is 11.1 Å². The van der Waals surface area contributed by atoms with Gasteiger partial charge in [-0.2, -0.15) is 9.29 Å². The van der Waals surface area contributed by atoms with Crippen molar-refractivity contribution in [1.29, 1.82) is 0 Å². The topological polar surface area (TPSA) is 122 Å². The first kappa shape index (κ1) is 24.6. The highest BCUT2D eigenvalue weighted by Gasteiger charge is 2.45. The number of nitrogens with zero attached hydrogens (tertiary/aromatic N) is 4. The molecule has 3 aromatic rings. The predicted molar refractivity (Wildman–Crippen MR) is 142 cm³/mol. The van der Waals surface area contributed by atoms with E-state index in [1.807, 2.05) is 23.1 Å². The Balaban J connectivity index is 1.25. The number of aromatic nitrogens is 2. The van der Waals surface area contributed by atoms with Gasteiger partial charge in [0, 0.05) is 32.2 Å². The Morgan fingerprint density at radius 1 is 0.921 bits per heavy atom. The Bertz CT molecular complexity index is 1520. The fourth-order valence-electron chi connectivity index (χ4n) is 4.91. The average molecular weight is 550 g/mol. The van der Waals surface area contributed by atoms with Crippen molar-refractivity contribution in [1.82, 2.24) is 19.6 Å². The van der Waals surface area contributed by atoms with Crippen LogP contribution in [0, 0.1) is 11.8 Å². The van der Waals surface area contributed by atoms with Crippen LogP contribution in [-0.4, -0.2) is 60.0 Å². The largest absolute Gasteiger partial charge is 0.439 e. The van der Waals surface area contributed by atoms with Crippen molar-refractivity contribution in [2.24, 2.45) is 11.8 Å². The number of anilines is 1. The molecule has 10 nitrogen and oxygen atoms in total. The maximum Gasteiger partial charge on any atom is 0.290 e. The molecule has 0 aliphatic carbocycles. The normalized spacial score (nSPS) is 22.6. The van der Waals surface area contributed by atoms with Gasteiger partial charge in [-0.25, -0.2) is 13.4 Å². The summed E-state index contributed by atoms with van der Waals surface area (Å²) in [6.45, 7) is 2.02. The number of imide groups is 1. The van der Waals surface area contributed by atoms with E-state index in [1.165, 1.54) is 0 Å². The van der Waals surface area contributed by atoms with Crippen LogP contribution in [0.25, 0.3) is 6.08 Å². The van der Waals surface area contributed by atoms with E-state index >= 15 is 0 Å². The molecule has 3 saturated heterocycles. The molecule has 0 spiro atoms. The average Bonchev–Trinajstić information content (AvgIpc) is 3.58. The molecule has 1 aromatic heterocycles. The third-order valence-corrected chi connectivity index (χ3v) is 9.37. The fraction of sp³-hybridized carbons (Fsp3) is 0.231. The highest BCUT2D eigenvalue weighted by Crippen LogP contribution is 2.36. The van der Waals surface area contributed by atoms with Crippen LogP contribution in [0.3, 0.4) is 0 Å². The Labute approximate surface area is 223 Å². The molecule has 0 saturated carbocycles. The lowest BCUT2D eigenvalue weighted by molar-refractivity contribution is -0.115. The third-order valence-electron chi connectivity index (χ3n) is 6.71. The zero-order chi connectivity index (χ0) is 26.3. The Kier molecular flexibility index (Phi) is 6.38. The van der Waals surface area contributed by atoms with Crippen LogP contribution < -0.4 is 15.0 Å². The van der Waals surface area contributed by atoms with Crippen molar-refractivity contribution in [2.75, 3.05) is 31.1 Å². The van der Waals surface area contributed by atoms with Crippen LogP contribution in [0.5, 0.6) is 11.6 Å². The molecule has 3 aliphatic rings. The molecular weight excluding hydrogens is 526 g/mol. The van der Waals surface area contributed by atoms with Gasteiger partial charge in [0.2, 0.25) is 21.9 Å². The number of hydrogen-bond donors (Lipinski definition) is 1. The van der Waals surface area contributed by atoms with E-state index in [1.54, 1.807) is 58.9 Å². The molecule has 6 rings (SSSR count). The van der Waals surface area contributed by atoms with Crippen molar-refractivity contribution in [3.63, 3.8) is 0 Å². The van der Waals surface area contributed by atoms with Gasteiger partial charge < -0.3 is 9.64 Å². The first-order chi connectivity index (χ1) is 18.3. The number of nitrogens with one attached hydrogen (secondary N) is 1. The van der Waals surface area contributed by atoms with Crippen molar-refractivity contribution >= 4 is 45.0 Å². The van der Waals surface area contributed by atoms with Gasteiger partial charge in [0.05, 0.1) is 15.5 Å². The number of sulfonamides is 1. The van der Waals surface area contributed by atoms with E-state index in [-0.39, 0.29) is 16.7 Å². The minimum Gasteiger partial charge on any atom is -0.439 e. The van der Waals surface area contributed by atoms with Crippen molar-refractivity contribution in [3.05, 3.63) is 77.3 Å². The molecule has 2 atom stereocenters. The van der Waals surface area contributed by atoms with E-state index in [2.05, 4.69) is 15.3 Å². The molecule has 38 heavy (non-hydrogen) atoms. The Morgan fingerprint density at radius 3 is 2.21 bits per heavy atom. The summed E-state index contributed by atoms with van der Waals surface area (Å²) < 4.78 is 33.7. The van der Waals surface area contributed by atoms with Crippen molar-refractivity contribution in [3.8, 4) is 11.6 Å².